The van der Waals surface area contributed by atoms with Gasteiger partial charge in [0.25, 0.3) is 0 Å². The Labute approximate surface area is 227 Å². The monoisotopic (exact) mass is 545 g/mol. The molecule has 0 saturated carbocycles. The van der Waals surface area contributed by atoms with Crippen LogP contribution in [0.4, 0.5) is 0 Å². The Bertz CT molecular complexity index is 1520. The van der Waals surface area contributed by atoms with Crippen molar-refractivity contribution in [3.05, 3.63) is 96.1 Å². The number of benzene rings is 3. The van der Waals surface area contributed by atoms with Crippen molar-refractivity contribution < 1.29 is 5.11 Å². The Morgan fingerprint density at radius 1 is 0.838 bits per heavy atom. The molecule has 3 aromatic carbocycles. The number of hydrogen-bond acceptors (Lipinski definition) is 2. The van der Waals surface area contributed by atoms with Crippen LogP contribution in [0.3, 0.4) is 0 Å². The maximum atomic E-state index is 10.8. The number of fused-ring (bicyclic) bond motifs is 3. The number of hydrogen-bond donors (Lipinski definition) is 1. The summed E-state index contributed by atoms with van der Waals surface area (Å²) in [5.74, 6) is 0.782. The number of aliphatic hydroxyl groups is 1. The van der Waals surface area contributed by atoms with E-state index in [1.165, 1.54) is 31.4 Å². The van der Waals surface area contributed by atoms with Gasteiger partial charge in [0.05, 0.1) is 0 Å². The van der Waals surface area contributed by atoms with E-state index in [-0.39, 0.29) is 3.97 Å². The summed E-state index contributed by atoms with van der Waals surface area (Å²) in [6.07, 6.45) is 9.02. The molecular weight excluding hydrogens is 508 g/mol. The molecule has 188 valence electrons. The number of aryl methyl sites for hydroxylation is 1. The van der Waals surface area contributed by atoms with Crippen LogP contribution in [0.5, 0.6) is 0 Å². The second kappa shape index (κ2) is 9.61. The molecule has 0 fully saturated rings. The number of allylic oxidation sites excluding steroid dienone is 4. The zero-order valence-electron chi connectivity index (χ0n) is 23.2. The Morgan fingerprint density at radius 3 is 2.19 bits per heavy atom. The molecule has 1 heterocycles. The van der Waals surface area contributed by atoms with Crippen LogP contribution in [-0.4, -0.2) is 31.9 Å². The normalized spacial score (nSPS) is 18.1. The first-order valence-electron chi connectivity index (χ1n) is 13.5. The molecule has 0 bridgehead atoms. The fourth-order valence-electron chi connectivity index (χ4n) is 5.78. The molecule has 1 aromatic heterocycles. The third-order valence-electron chi connectivity index (χ3n) is 9.21. The molecule has 0 amide bonds. The standard InChI is InChI=1S/C27H22N.C6H13O.CH3.Ga/c1-18-10-6-7-13-21(18)25-19(2)16-17-23-26(25)22-14-8-9-15-24(22)28-27(23)20-11-4-3-5-12-20;1-5(2)6(3,4)7;;/h4-18,21H,1-2H3;7H,1-4H3;1H3;. The number of pyridine rings is 1. The topological polar surface area (TPSA) is 33.1 Å². The summed E-state index contributed by atoms with van der Waals surface area (Å²) < 4.78 is 1.33. The van der Waals surface area contributed by atoms with Crippen molar-refractivity contribution in [3.63, 3.8) is 0 Å². The van der Waals surface area contributed by atoms with Gasteiger partial charge in [-0.05, 0) is 0 Å². The number of nitrogens with zero attached hydrogens (tertiary/aromatic N) is 1. The molecule has 0 aliphatic heterocycles. The predicted molar refractivity (Wildman–Crippen MR) is 161 cm³/mol. The maximum absolute atomic E-state index is 10.8. The molecule has 2 nitrogen and oxygen atoms in total. The molecule has 1 aliphatic rings. The molecule has 37 heavy (non-hydrogen) atoms. The molecule has 0 saturated heterocycles. The first-order valence-corrected chi connectivity index (χ1v) is 18.3. The summed E-state index contributed by atoms with van der Waals surface area (Å²) in [7, 11) is 0. The van der Waals surface area contributed by atoms with E-state index in [9.17, 15) is 5.11 Å². The van der Waals surface area contributed by atoms with E-state index in [4.69, 9.17) is 4.98 Å². The van der Waals surface area contributed by atoms with E-state index in [0.29, 0.717) is 11.8 Å². The van der Waals surface area contributed by atoms with Gasteiger partial charge < -0.3 is 0 Å². The molecule has 4 aromatic rings. The van der Waals surface area contributed by atoms with Gasteiger partial charge in [-0.25, -0.2) is 0 Å². The van der Waals surface area contributed by atoms with Crippen molar-refractivity contribution >= 4 is 42.0 Å². The number of para-hydroxylation sites is 1. The summed E-state index contributed by atoms with van der Waals surface area (Å²) in [6, 6.07) is 22.2. The average molecular weight is 546 g/mol. The molecule has 0 radical (unpaired) electrons. The van der Waals surface area contributed by atoms with E-state index in [1.807, 2.05) is 13.8 Å². The van der Waals surface area contributed by atoms with E-state index < -0.39 is 21.8 Å². The molecule has 2 unspecified atom stereocenters. The third kappa shape index (κ3) is 4.52. The first kappa shape index (κ1) is 26.0. The van der Waals surface area contributed by atoms with Crippen LogP contribution < -0.4 is 4.12 Å². The predicted octanol–water partition coefficient (Wildman–Crippen LogP) is 8.09. The fourth-order valence-corrected chi connectivity index (χ4v) is 11.4. The Morgan fingerprint density at radius 2 is 1.51 bits per heavy atom. The van der Waals surface area contributed by atoms with Crippen molar-refractivity contribution in [1.29, 1.82) is 0 Å². The van der Waals surface area contributed by atoms with Crippen molar-refractivity contribution in [2.45, 2.75) is 62.5 Å². The van der Waals surface area contributed by atoms with Gasteiger partial charge in [-0.3, -0.25) is 0 Å². The minimum absolute atomic E-state index is 0.0828. The SMILES string of the molecule is Cc1ccc2c(-c3cc[c]([Ga]([CH3])[C](C)(C)C(C)(C)O)cc3)nc3ccccc3c2c1C1C=CC=CC1C. The number of rotatable bonds is 5. The van der Waals surface area contributed by atoms with Crippen LogP contribution in [0.25, 0.3) is 32.9 Å². The van der Waals surface area contributed by atoms with Crippen LogP contribution in [-0.2, 0) is 0 Å². The van der Waals surface area contributed by atoms with Crippen LogP contribution in [0.2, 0.25) is 9.45 Å². The zero-order valence-corrected chi connectivity index (χ0v) is 25.6. The molecular formula is C34H38GaNO. The van der Waals surface area contributed by atoms with E-state index >= 15 is 0 Å². The number of aromatic nitrogens is 1. The summed E-state index contributed by atoms with van der Waals surface area (Å²) in [6.45, 7) is 12.9. The minimum atomic E-state index is -1.99. The van der Waals surface area contributed by atoms with Gasteiger partial charge in [-0.1, -0.05) is 0 Å². The van der Waals surface area contributed by atoms with Crippen molar-refractivity contribution in [3.8, 4) is 11.3 Å². The molecule has 2 atom stereocenters. The van der Waals surface area contributed by atoms with Crippen molar-refractivity contribution in [2.75, 3.05) is 0 Å². The molecule has 1 N–H and O–H groups in total. The fraction of sp³-hybridized carbons (Fsp3) is 0.324. The second-order valence-electron chi connectivity index (χ2n) is 12.0. The summed E-state index contributed by atoms with van der Waals surface area (Å²) in [4.78, 5) is 5.21. The Hall–Kier alpha value is -2.59. The van der Waals surface area contributed by atoms with Gasteiger partial charge >= 0.3 is 228 Å². The van der Waals surface area contributed by atoms with Crippen molar-refractivity contribution in [2.24, 2.45) is 5.92 Å². The molecule has 5 rings (SSSR count). The Balaban J connectivity index is 1.70. The summed E-state index contributed by atoms with van der Waals surface area (Å²) >= 11 is -1.99. The first-order chi connectivity index (χ1) is 17.5. The van der Waals surface area contributed by atoms with Gasteiger partial charge in [-0.15, -0.1) is 0 Å². The van der Waals surface area contributed by atoms with Gasteiger partial charge in [0, 0.05) is 0 Å². The molecule has 0 spiro atoms. The van der Waals surface area contributed by atoms with E-state index in [2.05, 4.69) is 118 Å². The molecule has 1 aliphatic carbocycles. The van der Waals surface area contributed by atoms with Gasteiger partial charge in [0.2, 0.25) is 0 Å². The van der Waals surface area contributed by atoms with Crippen LogP contribution >= 0.6 is 0 Å². The van der Waals surface area contributed by atoms with Crippen LogP contribution in [0.15, 0.2) is 85.0 Å². The van der Waals surface area contributed by atoms with Gasteiger partial charge in [0.15, 0.2) is 0 Å². The second-order valence-corrected chi connectivity index (χ2v) is 19.4. The molecule has 3 heteroatoms. The van der Waals surface area contributed by atoms with Gasteiger partial charge in [-0.2, -0.15) is 0 Å². The summed E-state index contributed by atoms with van der Waals surface area (Å²) in [5, 5.41) is 14.6. The summed E-state index contributed by atoms with van der Waals surface area (Å²) in [5.41, 5.74) is 7.68. The zero-order chi connectivity index (χ0) is 26.5. The third-order valence-corrected chi connectivity index (χ3v) is 18.1. The van der Waals surface area contributed by atoms with E-state index in [1.54, 1.807) is 0 Å². The Kier molecular flexibility index (Phi) is 6.76. The van der Waals surface area contributed by atoms with E-state index in [0.717, 1.165) is 16.8 Å². The van der Waals surface area contributed by atoms with Crippen LogP contribution in [0.1, 0.15) is 51.7 Å². The van der Waals surface area contributed by atoms with Gasteiger partial charge in [0.1, 0.15) is 0 Å². The van der Waals surface area contributed by atoms with Crippen LogP contribution in [0, 0.1) is 12.8 Å². The quantitative estimate of drug-likeness (QED) is 0.203. The van der Waals surface area contributed by atoms with Crippen molar-refractivity contribution in [1.82, 2.24) is 4.98 Å². The average Bonchev–Trinajstić information content (AvgIpc) is 2.87.